The number of hydrogen-bond donors (Lipinski definition) is 2. The van der Waals surface area contributed by atoms with E-state index in [1.807, 2.05) is 31.2 Å². The molecule has 1 unspecified atom stereocenters. The van der Waals surface area contributed by atoms with Gasteiger partial charge in [0.1, 0.15) is 0 Å². The number of hydrogen-bond acceptors (Lipinski definition) is 3. The summed E-state index contributed by atoms with van der Waals surface area (Å²) in [4.78, 5) is 12.0. The van der Waals surface area contributed by atoms with E-state index in [0.29, 0.717) is 12.3 Å². The third kappa shape index (κ3) is 11.3. The van der Waals surface area contributed by atoms with E-state index in [4.69, 9.17) is 0 Å². The number of ketones is 1. The quantitative estimate of drug-likeness (QED) is 0.199. The molecule has 0 heterocycles. The monoisotopic (exact) mass is 582 g/mol. The van der Waals surface area contributed by atoms with Crippen LogP contribution in [0.5, 0.6) is 0 Å². The summed E-state index contributed by atoms with van der Waals surface area (Å²) in [7, 11) is 0. The minimum Gasteiger partial charge on any atom is -0.504 e. The van der Waals surface area contributed by atoms with E-state index >= 15 is 0 Å². The fraction of sp³-hybridized carbons (Fsp3) is 0.425. The molecule has 232 valence electrons. The average molecular weight is 583 g/mol. The molecule has 43 heavy (non-hydrogen) atoms. The van der Waals surface area contributed by atoms with Crippen LogP contribution in [0, 0.1) is 22.7 Å². The summed E-state index contributed by atoms with van der Waals surface area (Å²) in [6.45, 7) is 20.9. The predicted octanol–water partition coefficient (Wildman–Crippen LogP) is 10.4. The Bertz CT molecular complexity index is 1360. The third-order valence-electron chi connectivity index (χ3n) is 8.45. The van der Waals surface area contributed by atoms with Crippen LogP contribution < -0.4 is 0 Å². The number of carbonyl (C=O) groups is 1. The Hall–Kier alpha value is -3.43. The van der Waals surface area contributed by atoms with Crippen molar-refractivity contribution in [2.75, 3.05) is 0 Å². The Balaban J connectivity index is 1.91. The Morgan fingerprint density at radius 1 is 0.721 bits per heavy atom. The van der Waals surface area contributed by atoms with Crippen molar-refractivity contribution in [3.8, 4) is 0 Å². The molecule has 0 saturated carbocycles. The van der Waals surface area contributed by atoms with Crippen LogP contribution in [0.15, 0.2) is 130 Å². The highest BCUT2D eigenvalue weighted by molar-refractivity contribution is 5.95. The maximum Gasteiger partial charge on any atom is 0.197 e. The van der Waals surface area contributed by atoms with Crippen LogP contribution in [0.2, 0.25) is 0 Å². The molecular formula is C40H54O3. The molecule has 0 saturated heterocycles. The lowest BCUT2D eigenvalue weighted by Gasteiger charge is -2.38. The molecule has 3 heteroatoms. The molecule has 0 aliphatic heterocycles. The van der Waals surface area contributed by atoms with Crippen LogP contribution >= 0.6 is 0 Å². The Morgan fingerprint density at radius 2 is 1.16 bits per heavy atom. The Labute approximate surface area is 261 Å². The van der Waals surface area contributed by atoms with E-state index in [1.54, 1.807) is 0 Å². The van der Waals surface area contributed by atoms with Crippen LogP contribution in [0.1, 0.15) is 82.1 Å². The summed E-state index contributed by atoms with van der Waals surface area (Å²) in [5, 5.41) is 20.2. The summed E-state index contributed by atoms with van der Waals surface area (Å²) in [6, 6.07) is 0. The maximum absolute atomic E-state index is 12.0. The molecule has 0 bridgehead atoms. The van der Waals surface area contributed by atoms with Gasteiger partial charge in [-0.25, -0.2) is 0 Å². The molecule has 2 aliphatic rings. The fourth-order valence-electron chi connectivity index (χ4n) is 5.96. The van der Waals surface area contributed by atoms with Gasteiger partial charge in [-0.1, -0.05) is 147 Å². The van der Waals surface area contributed by atoms with Gasteiger partial charge >= 0.3 is 0 Å². The highest BCUT2D eigenvalue weighted by Crippen LogP contribution is 2.43. The topological polar surface area (TPSA) is 57.5 Å². The van der Waals surface area contributed by atoms with Crippen molar-refractivity contribution in [2.45, 2.75) is 88.2 Å². The second-order valence-electron chi connectivity index (χ2n) is 13.7. The first-order valence-electron chi connectivity index (χ1n) is 15.4. The van der Waals surface area contributed by atoms with Gasteiger partial charge in [0.2, 0.25) is 0 Å². The van der Waals surface area contributed by atoms with Crippen LogP contribution in [-0.4, -0.2) is 22.1 Å². The predicted molar refractivity (Wildman–Crippen MR) is 185 cm³/mol. The van der Waals surface area contributed by atoms with Crippen LogP contribution in [-0.2, 0) is 4.79 Å². The van der Waals surface area contributed by atoms with Gasteiger partial charge in [0.15, 0.2) is 11.5 Å². The molecule has 2 rings (SSSR count). The van der Waals surface area contributed by atoms with Gasteiger partial charge in [-0.2, -0.15) is 0 Å². The van der Waals surface area contributed by atoms with Crippen molar-refractivity contribution in [3.05, 3.63) is 130 Å². The zero-order valence-electron chi connectivity index (χ0n) is 28.1. The maximum atomic E-state index is 12.0. The summed E-state index contributed by atoms with van der Waals surface area (Å²) < 4.78 is 0. The van der Waals surface area contributed by atoms with Gasteiger partial charge in [-0.3, -0.25) is 4.79 Å². The number of aliphatic hydroxyl groups is 2. The van der Waals surface area contributed by atoms with E-state index in [0.717, 1.165) is 23.1 Å². The summed E-state index contributed by atoms with van der Waals surface area (Å²) in [5.74, 6) is 0.132. The summed E-state index contributed by atoms with van der Waals surface area (Å²) >= 11 is 0. The van der Waals surface area contributed by atoms with E-state index in [9.17, 15) is 15.0 Å². The van der Waals surface area contributed by atoms with Crippen LogP contribution in [0.3, 0.4) is 0 Å². The number of aliphatic hydroxyl groups excluding tert-OH is 2. The first-order chi connectivity index (χ1) is 20.0. The fourth-order valence-corrected chi connectivity index (χ4v) is 5.96. The van der Waals surface area contributed by atoms with Crippen molar-refractivity contribution in [2.24, 2.45) is 22.7 Å². The van der Waals surface area contributed by atoms with Gasteiger partial charge in [0.05, 0.1) is 6.10 Å². The number of Topliss-reactive ketones (excluding diaryl/α,β-unsaturated/α-hetero) is 1. The second kappa shape index (κ2) is 15.9. The third-order valence-corrected chi connectivity index (χ3v) is 8.45. The lowest BCUT2D eigenvalue weighted by Crippen LogP contribution is -2.33. The average Bonchev–Trinajstić information content (AvgIpc) is 2.88. The van der Waals surface area contributed by atoms with Crippen LogP contribution in [0.25, 0.3) is 0 Å². The highest BCUT2D eigenvalue weighted by Gasteiger charge is 2.38. The highest BCUT2D eigenvalue weighted by atomic mass is 16.3. The Kier molecular flexibility index (Phi) is 13.2. The molecule has 0 aromatic heterocycles. The van der Waals surface area contributed by atoms with Crippen molar-refractivity contribution >= 4 is 5.78 Å². The zero-order valence-corrected chi connectivity index (χ0v) is 28.1. The van der Waals surface area contributed by atoms with E-state index in [-0.39, 0.29) is 34.4 Å². The normalized spacial score (nSPS) is 26.3. The largest absolute Gasteiger partial charge is 0.504 e. The number of rotatable bonds is 10. The summed E-state index contributed by atoms with van der Waals surface area (Å²) in [6.07, 6.45) is 32.2. The summed E-state index contributed by atoms with van der Waals surface area (Å²) in [5.41, 5.74) is 6.44. The van der Waals surface area contributed by atoms with Gasteiger partial charge in [-0.05, 0) is 64.4 Å². The van der Waals surface area contributed by atoms with Crippen molar-refractivity contribution in [3.63, 3.8) is 0 Å². The molecular weight excluding hydrogens is 528 g/mol. The molecule has 0 radical (unpaired) electrons. The van der Waals surface area contributed by atoms with Crippen LogP contribution in [0.4, 0.5) is 0 Å². The van der Waals surface area contributed by atoms with Gasteiger partial charge in [0.25, 0.3) is 0 Å². The van der Waals surface area contributed by atoms with Gasteiger partial charge < -0.3 is 10.2 Å². The Morgan fingerprint density at radius 3 is 1.65 bits per heavy atom. The molecule has 2 N–H and O–H groups in total. The van der Waals surface area contributed by atoms with Crippen molar-refractivity contribution in [1.29, 1.82) is 0 Å². The van der Waals surface area contributed by atoms with E-state index in [1.165, 1.54) is 16.7 Å². The molecule has 0 aromatic rings. The SMILES string of the molecule is CC1=C[C@H](O)CC(C)(C)[C@H]1/C=C/C(C)=C/C=C/C(C)=C/C=C/C=C(C)/C=C/C=C(C)/C=C/C1C(C)=C(O)C(=O)CC1(C)C. The molecule has 0 aromatic carbocycles. The molecule has 2 aliphatic carbocycles. The van der Waals surface area contributed by atoms with E-state index < -0.39 is 0 Å². The first kappa shape index (κ1) is 35.8. The lowest BCUT2D eigenvalue weighted by atomic mass is 9.67. The minimum absolute atomic E-state index is 0.0324. The smallest absolute Gasteiger partial charge is 0.197 e. The zero-order chi connectivity index (χ0) is 32.4. The lowest BCUT2D eigenvalue weighted by molar-refractivity contribution is -0.121. The number of allylic oxidation sites excluding steroid dienone is 21. The molecule has 0 fully saturated rings. The molecule has 3 atom stereocenters. The van der Waals surface area contributed by atoms with Crippen molar-refractivity contribution < 1.29 is 15.0 Å². The molecule has 3 nitrogen and oxygen atoms in total. The van der Waals surface area contributed by atoms with Crippen molar-refractivity contribution in [1.82, 2.24) is 0 Å². The molecule has 0 amide bonds. The van der Waals surface area contributed by atoms with E-state index in [2.05, 4.69) is 129 Å². The first-order valence-corrected chi connectivity index (χ1v) is 15.4. The van der Waals surface area contributed by atoms with Gasteiger partial charge in [0, 0.05) is 18.3 Å². The second-order valence-corrected chi connectivity index (χ2v) is 13.7. The standard InChI is InChI=1S/C40H54O3/c1-28(17-13-19-30(3)21-23-35-32(5)25-34(41)26-39(35,7)8)15-11-12-16-29(2)18-14-20-31(4)22-24-36-33(6)38(43)37(42)27-40(36,9)10/h11-25,34-36,41,43H,26-27H2,1-10H3/b12-11+,17-13+,18-14+,23-21+,24-22+,28-15+,29-16+,30-19+,31-20+/t34-,35-,36?/m0/s1. The number of carbonyl (C=O) groups excluding carboxylic acids is 1. The molecule has 0 spiro atoms. The minimum atomic E-state index is -0.339. The van der Waals surface area contributed by atoms with Gasteiger partial charge in [-0.15, -0.1) is 0 Å².